The Kier molecular flexibility index (Phi) is 8.35. The number of hydrogen-bond acceptors (Lipinski definition) is 6. The van der Waals surface area contributed by atoms with Crippen LogP contribution in [0.3, 0.4) is 0 Å². The van der Waals surface area contributed by atoms with Crippen LogP contribution in [-0.2, 0) is 16.1 Å². The number of likely N-dealkylation sites (N-methyl/N-ethyl adjacent to an activating group) is 1. The fourth-order valence-electron chi connectivity index (χ4n) is 2.82. The highest BCUT2D eigenvalue weighted by Gasteiger charge is 2.14. The van der Waals surface area contributed by atoms with Gasteiger partial charge in [0.2, 0.25) is 11.8 Å². The maximum atomic E-state index is 12.5. The van der Waals surface area contributed by atoms with Crippen molar-refractivity contribution in [3.05, 3.63) is 47.5 Å². The third-order valence-electron chi connectivity index (χ3n) is 4.23. The summed E-state index contributed by atoms with van der Waals surface area (Å²) in [4.78, 5) is 26.3. The highest BCUT2D eigenvalue weighted by Crippen LogP contribution is 2.31. The van der Waals surface area contributed by atoms with Crippen molar-refractivity contribution in [1.82, 2.24) is 4.90 Å². The predicted octanol–water partition coefficient (Wildman–Crippen LogP) is 2.66. The Labute approximate surface area is 175 Å². The Hall–Kier alpha value is -2.71. The number of nitrogens with zero attached hydrogens (tertiary/aromatic N) is 1. The Morgan fingerprint density at radius 1 is 1.14 bits per heavy atom. The Morgan fingerprint density at radius 2 is 1.79 bits per heavy atom. The number of nitrogens with one attached hydrogen (secondary N) is 1. The van der Waals surface area contributed by atoms with E-state index in [1.807, 2.05) is 49.2 Å². The first-order chi connectivity index (χ1) is 13.8. The van der Waals surface area contributed by atoms with E-state index in [2.05, 4.69) is 5.32 Å². The van der Waals surface area contributed by atoms with Crippen LogP contribution in [0.4, 0.5) is 5.69 Å². The van der Waals surface area contributed by atoms with E-state index in [0.717, 1.165) is 16.0 Å². The van der Waals surface area contributed by atoms with E-state index in [9.17, 15) is 9.59 Å². The molecule has 0 atom stereocenters. The number of anilines is 1. The number of benzene rings is 2. The van der Waals surface area contributed by atoms with Crippen molar-refractivity contribution in [2.45, 2.75) is 18.4 Å². The van der Waals surface area contributed by atoms with Crippen LogP contribution in [0.2, 0.25) is 0 Å². The molecule has 0 saturated carbocycles. The van der Waals surface area contributed by atoms with Gasteiger partial charge in [-0.1, -0.05) is 12.1 Å². The summed E-state index contributed by atoms with van der Waals surface area (Å²) in [6, 6.07) is 11.2. The van der Waals surface area contributed by atoms with Crippen LogP contribution in [0.25, 0.3) is 0 Å². The van der Waals surface area contributed by atoms with E-state index in [0.29, 0.717) is 23.7 Å². The van der Waals surface area contributed by atoms with E-state index in [-0.39, 0.29) is 18.2 Å². The summed E-state index contributed by atoms with van der Waals surface area (Å²) in [7, 11) is 5.08. The number of hydrogen-bond donors (Lipinski definition) is 2. The monoisotopic (exact) mass is 417 g/mol. The number of amides is 2. The Balaban J connectivity index is 2.01. The quantitative estimate of drug-likeness (QED) is 0.577. The molecule has 0 aliphatic carbocycles. The first-order valence-electron chi connectivity index (χ1n) is 9.04. The van der Waals surface area contributed by atoms with E-state index >= 15 is 0 Å². The first kappa shape index (κ1) is 22.6. The maximum absolute atomic E-state index is 12.5. The largest absolute Gasteiger partial charge is 0.493 e. The lowest BCUT2D eigenvalue weighted by Crippen LogP contribution is -2.30. The topological polar surface area (TPSA) is 93.9 Å². The van der Waals surface area contributed by atoms with Gasteiger partial charge in [0.15, 0.2) is 11.5 Å². The van der Waals surface area contributed by atoms with Gasteiger partial charge in [-0.3, -0.25) is 14.5 Å². The molecular weight excluding hydrogens is 390 g/mol. The molecule has 2 aromatic carbocycles. The highest BCUT2D eigenvalue weighted by molar-refractivity contribution is 8.00. The molecule has 0 spiro atoms. The fraction of sp³-hybridized carbons (Fsp3) is 0.333. The molecule has 3 N–H and O–H groups in total. The summed E-state index contributed by atoms with van der Waals surface area (Å²) < 4.78 is 10.7. The van der Waals surface area contributed by atoms with Crippen molar-refractivity contribution >= 4 is 29.3 Å². The highest BCUT2D eigenvalue weighted by atomic mass is 32.2. The first-order valence-corrected chi connectivity index (χ1v) is 10.0. The van der Waals surface area contributed by atoms with Gasteiger partial charge in [0.25, 0.3) is 0 Å². The molecule has 7 nitrogen and oxygen atoms in total. The molecule has 0 aliphatic rings. The van der Waals surface area contributed by atoms with Crippen molar-refractivity contribution in [3.63, 3.8) is 0 Å². The number of carbonyl (C=O) groups excluding carboxylic acids is 2. The number of para-hydroxylation sites is 1. The number of nitrogens with two attached hydrogens (primary N) is 1. The standard InChI is InChI=1S/C21H27N3O4S/c1-14-9-17(27-3)18(28-4)10-15(14)11-24(2)12-21(26)23-16-7-5-6-8-19(16)29-13-20(22)25/h5-10H,11-13H2,1-4H3,(H2,22,25)(H,23,26). The Bertz CT molecular complexity index is 873. The summed E-state index contributed by atoms with van der Waals surface area (Å²) in [6.45, 7) is 2.79. The molecular formula is C21H27N3O4S. The second-order valence-corrected chi connectivity index (χ2v) is 7.62. The third-order valence-corrected chi connectivity index (χ3v) is 5.32. The van der Waals surface area contributed by atoms with Gasteiger partial charge in [0.05, 0.1) is 32.2 Å². The molecule has 8 heteroatoms. The average molecular weight is 418 g/mol. The second kappa shape index (κ2) is 10.7. The summed E-state index contributed by atoms with van der Waals surface area (Å²) >= 11 is 1.30. The van der Waals surface area contributed by atoms with Gasteiger partial charge < -0.3 is 20.5 Å². The van der Waals surface area contributed by atoms with Crippen LogP contribution in [0.1, 0.15) is 11.1 Å². The maximum Gasteiger partial charge on any atom is 0.238 e. The van der Waals surface area contributed by atoms with Crippen molar-refractivity contribution in [3.8, 4) is 11.5 Å². The van der Waals surface area contributed by atoms with Gasteiger partial charge in [-0.25, -0.2) is 0 Å². The molecule has 2 amide bonds. The molecule has 0 bridgehead atoms. The van der Waals surface area contributed by atoms with Crippen LogP contribution in [0.15, 0.2) is 41.3 Å². The molecule has 0 radical (unpaired) electrons. The predicted molar refractivity (Wildman–Crippen MR) is 116 cm³/mol. The summed E-state index contributed by atoms with van der Waals surface area (Å²) in [6.07, 6.45) is 0. The molecule has 0 aliphatic heterocycles. The number of thioether (sulfide) groups is 1. The van der Waals surface area contributed by atoms with Gasteiger partial charge in [-0.05, 0) is 49.4 Å². The summed E-state index contributed by atoms with van der Waals surface area (Å²) in [5, 5.41) is 2.91. The normalized spacial score (nSPS) is 10.7. The fourth-order valence-corrected chi connectivity index (χ4v) is 3.57. The van der Waals surface area contributed by atoms with Gasteiger partial charge in [-0.2, -0.15) is 0 Å². The van der Waals surface area contributed by atoms with Crippen molar-refractivity contribution < 1.29 is 19.1 Å². The number of carbonyl (C=O) groups is 2. The number of primary amides is 1. The molecule has 156 valence electrons. The van der Waals surface area contributed by atoms with Gasteiger partial charge in [0.1, 0.15) is 0 Å². The molecule has 0 unspecified atom stereocenters. The number of rotatable bonds is 10. The minimum Gasteiger partial charge on any atom is -0.493 e. The summed E-state index contributed by atoms with van der Waals surface area (Å²) in [5.41, 5.74) is 7.99. The van der Waals surface area contributed by atoms with Crippen LogP contribution in [0.5, 0.6) is 11.5 Å². The number of aryl methyl sites for hydroxylation is 1. The molecule has 0 saturated heterocycles. The lowest BCUT2D eigenvalue weighted by Gasteiger charge is -2.19. The van der Waals surface area contributed by atoms with E-state index in [1.165, 1.54) is 11.8 Å². The zero-order chi connectivity index (χ0) is 21.4. The second-order valence-electron chi connectivity index (χ2n) is 6.61. The molecule has 0 fully saturated rings. The summed E-state index contributed by atoms with van der Waals surface area (Å²) in [5.74, 6) is 0.954. The minimum atomic E-state index is -0.402. The van der Waals surface area contributed by atoms with Crippen LogP contribution < -0.4 is 20.5 Å². The van der Waals surface area contributed by atoms with Crippen molar-refractivity contribution in [2.24, 2.45) is 5.73 Å². The average Bonchev–Trinajstić information content (AvgIpc) is 2.68. The van der Waals surface area contributed by atoms with E-state index in [4.69, 9.17) is 15.2 Å². The van der Waals surface area contributed by atoms with Crippen LogP contribution in [0, 0.1) is 6.92 Å². The van der Waals surface area contributed by atoms with Crippen molar-refractivity contribution in [2.75, 3.05) is 38.9 Å². The minimum absolute atomic E-state index is 0.141. The number of ether oxygens (including phenoxy) is 2. The molecule has 29 heavy (non-hydrogen) atoms. The third kappa shape index (κ3) is 6.69. The number of methoxy groups -OCH3 is 2. The smallest absolute Gasteiger partial charge is 0.238 e. The molecule has 0 heterocycles. The van der Waals surface area contributed by atoms with Crippen molar-refractivity contribution in [1.29, 1.82) is 0 Å². The molecule has 2 aromatic rings. The zero-order valence-corrected chi connectivity index (χ0v) is 18.0. The SMILES string of the molecule is COc1cc(C)c(CN(C)CC(=O)Nc2ccccc2SCC(N)=O)cc1OC. The Morgan fingerprint density at radius 3 is 2.45 bits per heavy atom. The van der Waals surface area contributed by atoms with Gasteiger partial charge in [0, 0.05) is 11.4 Å². The van der Waals surface area contributed by atoms with E-state index < -0.39 is 5.91 Å². The van der Waals surface area contributed by atoms with Crippen LogP contribution >= 0.6 is 11.8 Å². The molecule has 0 aromatic heterocycles. The van der Waals surface area contributed by atoms with Crippen LogP contribution in [-0.4, -0.2) is 50.3 Å². The zero-order valence-electron chi connectivity index (χ0n) is 17.2. The lowest BCUT2D eigenvalue weighted by molar-refractivity contribution is -0.117. The molecule has 2 rings (SSSR count). The van der Waals surface area contributed by atoms with Gasteiger partial charge in [-0.15, -0.1) is 11.8 Å². The lowest BCUT2D eigenvalue weighted by atomic mass is 10.1. The van der Waals surface area contributed by atoms with Gasteiger partial charge >= 0.3 is 0 Å². The van der Waals surface area contributed by atoms with E-state index in [1.54, 1.807) is 20.3 Å².